The minimum absolute atomic E-state index is 0.0372. The summed E-state index contributed by atoms with van der Waals surface area (Å²) < 4.78 is 31.9. The van der Waals surface area contributed by atoms with Crippen LogP contribution in [0.3, 0.4) is 0 Å². The lowest BCUT2D eigenvalue weighted by atomic mass is 10.1. The van der Waals surface area contributed by atoms with Crippen LogP contribution in [0, 0.1) is 11.6 Å². The molecular weight excluding hydrogens is 300 g/mol. The van der Waals surface area contributed by atoms with Crippen molar-refractivity contribution in [1.82, 2.24) is 0 Å². The number of ketones is 1. The summed E-state index contributed by atoms with van der Waals surface area (Å²) in [6.45, 7) is 4.44. The number of anilines is 1. The van der Waals surface area contributed by atoms with Gasteiger partial charge in [-0.25, -0.2) is 8.78 Å². The first-order valence-corrected chi connectivity index (χ1v) is 7.34. The highest BCUT2D eigenvalue weighted by Crippen LogP contribution is 2.25. The van der Waals surface area contributed by atoms with Crippen molar-refractivity contribution in [2.24, 2.45) is 0 Å². The number of hydrogen-bond donors (Lipinski definition) is 0. The number of methoxy groups -OCH3 is 1. The minimum Gasteiger partial charge on any atom is -0.496 e. The zero-order valence-electron chi connectivity index (χ0n) is 13.4. The second kappa shape index (κ2) is 7.22. The second-order valence-electron chi connectivity index (χ2n) is 5.20. The third kappa shape index (κ3) is 3.86. The maximum absolute atomic E-state index is 13.5. The van der Waals surface area contributed by atoms with Gasteiger partial charge in [-0.2, -0.15) is 0 Å². The molecule has 0 amide bonds. The molecule has 2 aromatic rings. The van der Waals surface area contributed by atoms with E-state index in [2.05, 4.69) is 0 Å². The average molecular weight is 319 g/mol. The molecule has 0 aliphatic heterocycles. The van der Waals surface area contributed by atoms with Gasteiger partial charge >= 0.3 is 0 Å². The summed E-state index contributed by atoms with van der Waals surface area (Å²) in [5.74, 6) is -1.15. The molecule has 0 fully saturated rings. The van der Waals surface area contributed by atoms with Crippen molar-refractivity contribution in [3.8, 4) is 5.75 Å². The van der Waals surface area contributed by atoms with Crippen LogP contribution < -0.4 is 9.64 Å². The predicted octanol–water partition coefficient (Wildman–Crippen LogP) is 4.20. The highest BCUT2D eigenvalue weighted by molar-refractivity contribution is 5.94. The Bertz CT molecular complexity index is 716. The number of nitrogens with zero attached hydrogens (tertiary/aromatic N) is 1. The zero-order valence-corrected chi connectivity index (χ0v) is 13.4. The number of Topliss-reactive ketones (excluding diaryl/α,β-unsaturated/α-hetero) is 1. The molecule has 0 spiro atoms. The smallest absolute Gasteiger partial charge is 0.160 e. The van der Waals surface area contributed by atoms with Gasteiger partial charge in [-0.05, 0) is 44.2 Å². The van der Waals surface area contributed by atoms with Crippen LogP contribution in [0.4, 0.5) is 14.5 Å². The van der Waals surface area contributed by atoms with E-state index in [-0.39, 0.29) is 5.78 Å². The molecule has 0 bridgehead atoms. The van der Waals surface area contributed by atoms with E-state index >= 15 is 0 Å². The Hall–Kier alpha value is -2.43. The fourth-order valence-corrected chi connectivity index (χ4v) is 2.39. The molecule has 0 atom stereocenters. The summed E-state index contributed by atoms with van der Waals surface area (Å²) in [4.78, 5) is 13.4. The number of carbonyl (C=O) groups excluding carboxylic acids is 1. The molecule has 3 nitrogen and oxygen atoms in total. The molecule has 0 radical (unpaired) electrons. The Morgan fingerprint density at radius 2 is 1.87 bits per heavy atom. The molecule has 0 heterocycles. The topological polar surface area (TPSA) is 29.5 Å². The van der Waals surface area contributed by atoms with Gasteiger partial charge in [0.1, 0.15) is 5.75 Å². The molecule has 122 valence electrons. The monoisotopic (exact) mass is 319 g/mol. The first kappa shape index (κ1) is 16.9. The summed E-state index contributed by atoms with van der Waals surface area (Å²) in [7, 11) is 1.56. The van der Waals surface area contributed by atoms with Gasteiger partial charge in [0.15, 0.2) is 17.4 Å². The normalized spacial score (nSPS) is 10.5. The maximum Gasteiger partial charge on any atom is 0.160 e. The summed E-state index contributed by atoms with van der Waals surface area (Å²) in [5, 5.41) is 0. The Kier molecular flexibility index (Phi) is 5.32. The molecule has 2 aromatic carbocycles. The van der Waals surface area contributed by atoms with E-state index < -0.39 is 11.6 Å². The standard InChI is InChI=1S/C18H19F2NO2/c1-4-21(15-6-7-16(19)17(20)10-15)11-14-9-13(12(2)22)5-8-18(14)23-3/h5-10H,4,11H2,1-3H3. The number of carbonyl (C=O) groups is 1. The average Bonchev–Trinajstić information content (AvgIpc) is 2.55. The first-order chi connectivity index (χ1) is 11.0. The van der Waals surface area contributed by atoms with Gasteiger partial charge in [-0.1, -0.05) is 0 Å². The molecule has 0 saturated heterocycles. The van der Waals surface area contributed by atoms with Gasteiger partial charge in [0.05, 0.1) is 7.11 Å². The fourth-order valence-electron chi connectivity index (χ4n) is 2.39. The van der Waals surface area contributed by atoms with Gasteiger partial charge in [0.2, 0.25) is 0 Å². The van der Waals surface area contributed by atoms with Crippen LogP contribution >= 0.6 is 0 Å². The third-order valence-corrected chi connectivity index (χ3v) is 3.70. The van der Waals surface area contributed by atoms with Crippen LogP contribution in [0.15, 0.2) is 36.4 Å². The Morgan fingerprint density at radius 3 is 2.43 bits per heavy atom. The molecule has 0 aliphatic carbocycles. The van der Waals surface area contributed by atoms with Crippen LogP contribution in [-0.4, -0.2) is 19.4 Å². The molecule has 2 rings (SSSR count). The van der Waals surface area contributed by atoms with E-state index in [9.17, 15) is 13.6 Å². The Labute approximate surface area is 134 Å². The predicted molar refractivity (Wildman–Crippen MR) is 86.1 cm³/mol. The van der Waals surface area contributed by atoms with E-state index in [4.69, 9.17) is 4.74 Å². The van der Waals surface area contributed by atoms with Crippen LogP contribution in [0.1, 0.15) is 29.8 Å². The lowest BCUT2D eigenvalue weighted by Gasteiger charge is -2.24. The Morgan fingerprint density at radius 1 is 1.13 bits per heavy atom. The molecule has 0 N–H and O–H groups in total. The van der Waals surface area contributed by atoms with Crippen molar-refractivity contribution < 1.29 is 18.3 Å². The maximum atomic E-state index is 13.5. The van der Waals surface area contributed by atoms with Crippen molar-refractivity contribution in [2.75, 3.05) is 18.6 Å². The molecule has 0 saturated carbocycles. The second-order valence-corrected chi connectivity index (χ2v) is 5.20. The summed E-state index contributed by atoms with van der Waals surface area (Å²) in [5.41, 5.74) is 1.97. The largest absolute Gasteiger partial charge is 0.496 e. The number of rotatable bonds is 6. The molecule has 0 aliphatic rings. The van der Waals surface area contributed by atoms with E-state index in [0.29, 0.717) is 30.1 Å². The van der Waals surface area contributed by atoms with Crippen LogP contribution in [0.2, 0.25) is 0 Å². The third-order valence-electron chi connectivity index (χ3n) is 3.70. The van der Waals surface area contributed by atoms with Crippen LogP contribution in [-0.2, 0) is 6.54 Å². The number of benzene rings is 2. The van der Waals surface area contributed by atoms with Gasteiger partial charge in [-0.15, -0.1) is 0 Å². The van der Waals surface area contributed by atoms with E-state index in [1.54, 1.807) is 25.3 Å². The molecule has 0 unspecified atom stereocenters. The quantitative estimate of drug-likeness (QED) is 0.747. The molecule has 5 heteroatoms. The van der Waals surface area contributed by atoms with Crippen molar-refractivity contribution in [3.63, 3.8) is 0 Å². The van der Waals surface area contributed by atoms with E-state index in [1.165, 1.54) is 19.1 Å². The lowest BCUT2D eigenvalue weighted by molar-refractivity contribution is 0.101. The molecule has 0 aromatic heterocycles. The number of halogens is 2. The number of hydrogen-bond acceptors (Lipinski definition) is 3. The van der Waals surface area contributed by atoms with Gasteiger partial charge < -0.3 is 9.64 Å². The van der Waals surface area contributed by atoms with Gasteiger partial charge in [-0.3, -0.25) is 4.79 Å². The molecular formula is C18H19F2NO2. The summed E-state index contributed by atoms with van der Waals surface area (Å²) in [6.07, 6.45) is 0. The van der Waals surface area contributed by atoms with Gasteiger partial charge in [0.25, 0.3) is 0 Å². The van der Waals surface area contributed by atoms with Gasteiger partial charge in [0, 0.05) is 36.0 Å². The van der Waals surface area contributed by atoms with Crippen molar-refractivity contribution in [3.05, 3.63) is 59.2 Å². The minimum atomic E-state index is -0.884. The zero-order chi connectivity index (χ0) is 17.0. The van der Waals surface area contributed by atoms with Crippen LogP contribution in [0.5, 0.6) is 5.75 Å². The lowest BCUT2D eigenvalue weighted by Crippen LogP contribution is -2.22. The van der Waals surface area contributed by atoms with Crippen molar-refractivity contribution in [1.29, 1.82) is 0 Å². The summed E-state index contributed by atoms with van der Waals surface area (Å²) in [6, 6.07) is 9.02. The van der Waals surface area contributed by atoms with Crippen molar-refractivity contribution in [2.45, 2.75) is 20.4 Å². The highest BCUT2D eigenvalue weighted by atomic mass is 19.2. The fraction of sp³-hybridized carbons (Fsp3) is 0.278. The summed E-state index contributed by atoms with van der Waals surface area (Å²) >= 11 is 0. The highest BCUT2D eigenvalue weighted by Gasteiger charge is 2.13. The first-order valence-electron chi connectivity index (χ1n) is 7.34. The van der Waals surface area contributed by atoms with Crippen LogP contribution in [0.25, 0.3) is 0 Å². The van der Waals surface area contributed by atoms with Crippen molar-refractivity contribution >= 4 is 11.5 Å². The Balaban J connectivity index is 2.35. The molecule has 23 heavy (non-hydrogen) atoms. The number of ether oxygens (including phenoxy) is 1. The van der Waals surface area contributed by atoms with E-state index in [1.807, 2.05) is 11.8 Å². The SMILES string of the molecule is CCN(Cc1cc(C(C)=O)ccc1OC)c1ccc(F)c(F)c1. The van der Waals surface area contributed by atoms with E-state index in [0.717, 1.165) is 11.6 Å².